The van der Waals surface area contributed by atoms with Gasteiger partial charge in [-0.05, 0) is 40.8 Å². The molecule has 1 aliphatic carbocycles. The first-order valence-corrected chi connectivity index (χ1v) is 6.66. The second-order valence-electron chi connectivity index (χ2n) is 4.67. The van der Waals surface area contributed by atoms with E-state index in [1.54, 1.807) is 0 Å². The van der Waals surface area contributed by atoms with Crippen LogP contribution in [0.25, 0.3) is 10.9 Å². The van der Waals surface area contributed by atoms with Gasteiger partial charge in [0.15, 0.2) is 0 Å². The summed E-state index contributed by atoms with van der Waals surface area (Å²) in [6.07, 6.45) is 4.59. The van der Waals surface area contributed by atoms with Gasteiger partial charge in [-0.25, -0.2) is 9.97 Å². The number of rotatable bonds is 3. The molecule has 0 amide bonds. The molecule has 1 aromatic carbocycles. The first-order valence-electron chi connectivity index (χ1n) is 5.86. The number of para-hydroxylation sites is 1. The van der Waals surface area contributed by atoms with Crippen LogP contribution in [0.4, 0.5) is 5.95 Å². The lowest BCUT2D eigenvalue weighted by Crippen LogP contribution is -2.22. The zero-order valence-electron chi connectivity index (χ0n) is 9.73. The van der Waals surface area contributed by atoms with Gasteiger partial charge in [-0.15, -0.1) is 0 Å². The molecule has 0 radical (unpaired) electrons. The summed E-state index contributed by atoms with van der Waals surface area (Å²) < 4.78 is 1.03. The van der Waals surface area contributed by atoms with Crippen LogP contribution in [0.15, 0.2) is 28.9 Å². The monoisotopic (exact) mass is 291 g/mol. The Hall–Kier alpha value is -1.16. The van der Waals surface area contributed by atoms with Crippen molar-refractivity contribution in [1.29, 1.82) is 0 Å². The zero-order valence-corrected chi connectivity index (χ0v) is 11.3. The average molecular weight is 292 g/mol. The number of halogens is 1. The van der Waals surface area contributed by atoms with E-state index in [0.717, 1.165) is 33.8 Å². The highest BCUT2D eigenvalue weighted by molar-refractivity contribution is 9.10. The fourth-order valence-electron chi connectivity index (χ4n) is 1.96. The van der Waals surface area contributed by atoms with E-state index in [-0.39, 0.29) is 0 Å². The number of aromatic nitrogens is 2. The topological polar surface area (TPSA) is 29.0 Å². The molecule has 0 saturated heterocycles. The Morgan fingerprint density at radius 2 is 2.24 bits per heavy atom. The maximum absolute atomic E-state index is 4.62. The molecule has 17 heavy (non-hydrogen) atoms. The molecule has 0 atom stereocenters. The van der Waals surface area contributed by atoms with E-state index in [0.29, 0.717) is 0 Å². The van der Waals surface area contributed by atoms with Crippen LogP contribution < -0.4 is 4.90 Å². The Balaban J connectivity index is 1.96. The fourth-order valence-corrected chi connectivity index (χ4v) is 2.43. The van der Waals surface area contributed by atoms with Gasteiger partial charge in [-0.2, -0.15) is 0 Å². The Labute approximate surface area is 109 Å². The predicted octanol–water partition coefficient (Wildman–Crippen LogP) is 3.24. The zero-order chi connectivity index (χ0) is 11.8. The van der Waals surface area contributed by atoms with E-state index in [1.165, 1.54) is 12.8 Å². The highest BCUT2D eigenvalue weighted by Crippen LogP contribution is 2.30. The molecule has 0 aliphatic heterocycles. The van der Waals surface area contributed by atoms with Crippen molar-refractivity contribution in [3.63, 3.8) is 0 Å². The van der Waals surface area contributed by atoms with Crippen molar-refractivity contribution in [3.05, 3.63) is 28.9 Å². The van der Waals surface area contributed by atoms with Crippen LogP contribution in [0.2, 0.25) is 0 Å². The molecule has 4 heteroatoms. The number of hydrogen-bond donors (Lipinski definition) is 0. The first kappa shape index (κ1) is 11.0. The Morgan fingerprint density at radius 1 is 1.41 bits per heavy atom. The molecule has 0 N–H and O–H groups in total. The van der Waals surface area contributed by atoms with Crippen molar-refractivity contribution in [2.75, 3.05) is 18.5 Å². The molecular weight excluding hydrogens is 278 g/mol. The normalized spacial score (nSPS) is 15.2. The molecule has 1 aliphatic rings. The second-order valence-corrected chi connectivity index (χ2v) is 5.53. The SMILES string of the molecule is CN(CC1CC1)c1ncc2cccc(Br)c2n1. The number of nitrogens with zero attached hydrogens (tertiary/aromatic N) is 3. The number of fused-ring (bicyclic) bond motifs is 1. The summed E-state index contributed by atoms with van der Waals surface area (Å²) in [7, 11) is 2.07. The molecule has 0 bridgehead atoms. The highest BCUT2D eigenvalue weighted by Gasteiger charge is 2.23. The predicted molar refractivity (Wildman–Crippen MR) is 73.2 cm³/mol. The van der Waals surface area contributed by atoms with Crippen molar-refractivity contribution in [1.82, 2.24) is 9.97 Å². The molecule has 3 rings (SSSR count). The Morgan fingerprint density at radius 3 is 3.00 bits per heavy atom. The van der Waals surface area contributed by atoms with E-state index in [9.17, 15) is 0 Å². The third kappa shape index (κ3) is 2.27. The van der Waals surface area contributed by atoms with Crippen LogP contribution in [-0.4, -0.2) is 23.6 Å². The quantitative estimate of drug-likeness (QED) is 0.869. The van der Waals surface area contributed by atoms with Crippen molar-refractivity contribution >= 4 is 32.8 Å². The van der Waals surface area contributed by atoms with E-state index in [4.69, 9.17) is 0 Å². The van der Waals surface area contributed by atoms with Crippen LogP contribution in [-0.2, 0) is 0 Å². The fraction of sp³-hybridized carbons (Fsp3) is 0.385. The molecule has 2 aromatic rings. The summed E-state index contributed by atoms with van der Waals surface area (Å²) in [5, 5.41) is 1.07. The summed E-state index contributed by atoms with van der Waals surface area (Å²) in [6, 6.07) is 6.05. The summed E-state index contributed by atoms with van der Waals surface area (Å²) in [5.74, 6) is 1.66. The maximum Gasteiger partial charge on any atom is 0.225 e. The van der Waals surface area contributed by atoms with E-state index in [2.05, 4.69) is 37.8 Å². The molecule has 88 valence electrons. The van der Waals surface area contributed by atoms with Crippen LogP contribution in [0.1, 0.15) is 12.8 Å². The van der Waals surface area contributed by atoms with Gasteiger partial charge in [-0.3, -0.25) is 0 Å². The third-order valence-corrected chi connectivity index (χ3v) is 3.76. The van der Waals surface area contributed by atoms with Crippen molar-refractivity contribution < 1.29 is 0 Å². The van der Waals surface area contributed by atoms with Gasteiger partial charge in [0, 0.05) is 29.6 Å². The van der Waals surface area contributed by atoms with Crippen LogP contribution in [0, 0.1) is 5.92 Å². The standard InChI is InChI=1S/C13H14BrN3/c1-17(8-9-5-6-9)13-15-7-10-3-2-4-11(14)12(10)16-13/h2-4,7,9H,5-6,8H2,1H3. The van der Waals surface area contributed by atoms with Gasteiger partial charge < -0.3 is 4.90 Å². The number of anilines is 1. The average Bonchev–Trinajstić information content (AvgIpc) is 3.13. The molecule has 1 aromatic heterocycles. The second kappa shape index (κ2) is 4.26. The van der Waals surface area contributed by atoms with Gasteiger partial charge in [-0.1, -0.05) is 12.1 Å². The van der Waals surface area contributed by atoms with Gasteiger partial charge in [0.05, 0.1) is 5.52 Å². The summed E-state index contributed by atoms with van der Waals surface area (Å²) in [4.78, 5) is 11.2. The van der Waals surface area contributed by atoms with Crippen LogP contribution >= 0.6 is 15.9 Å². The van der Waals surface area contributed by atoms with Gasteiger partial charge in [0.1, 0.15) is 0 Å². The van der Waals surface area contributed by atoms with E-state index in [1.807, 2.05) is 24.4 Å². The summed E-state index contributed by atoms with van der Waals surface area (Å²) in [6.45, 7) is 1.07. The molecule has 0 spiro atoms. The minimum atomic E-state index is 0.816. The molecule has 1 fully saturated rings. The van der Waals surface area contributed by atoms with Gasteiger partial charge in [0.25, 0.3) is 0 Å². The lowest BCUT2D eigenvalue weighted by Gasteiger charge is -2.16. The Kier molecular flexibility index (Phi) is 2.74. The van der Waals surface area contributed by atoms with E-state index < -0.39 is 0 Å². The molecular formula is C13H14BrN3. The molecule has 3 nitrogen and oxygen atoms in total. The molecule has 1 heterocycles. The lowest BCUT2D eigenvalue weighted by molar-refractivity contribution is 0.766. The number of benzene rings is 1. The summed E-state index contributed by atoms with van der Waals surface area (Å²) in [5.41, 5.74) is 0.986. The third-order valence-electron chi connectivity index (χ3n) is 3.12. The minimum Gasteiger partial charge on any atom is -0.344 e. The van der Waals surface area contributed by atoms with Crippen molar-refractivity contribution in [3.8, 4) is 0 Å². The van der Waals surface area contributed by atoms with Crippen LogP contribution in [0.3, 0.4) is 0 Å². The first-order chi connectivity index (χ1) is 8.24. The molecule has 1 saturated carbocycles. The van der Waals surface area contributed by atoms with Gasteiger partial charge >= 0.3 is 0 Å². The van der Waals surface area contributed by atoms with Crippen molar-refractivity contribution in [2.45, 2.75) is 12.8 Å². The minimum absolute atomic E-state index is 0.816. The largest absolute Gasteiger partial charge is 0.344 e. The summed E-state index contributed by atoms with van der Waals surface area (Å²) >= 11 is 3.53. The maximum atomic E-state index is 4.62. The molecule has 0 unspecified atom stereocenters. The number of hydrogen-bond acceptors (Lipinski definition) is 3. The van der Waals surface area contributed by atoms with Crippen LogP contribution in [0.5, 0.6) is 0 Å². The Bertz CT molecular complexity index is 551. The lowest BCUT2D eigenvalue weighted by atomic mass is 10.2. The van der Waals surface area contributed by atoms with Gasteiger partial charge in [0.2, 0.25) is 5.95 Å². The van der Waals surface area contributed by atoms with Crippen molar-refractivity contribution in [2.24, 2.45) is 5.92 Å². The van der Waals surface area contributed by atoms with E-state index >= 15 is 0 Å². The highest BCUT2D eigenvalue weighted by atomic mass is 79.9. The smallest absolute Gasteiger partial charge is 0.225 e.